The van der Waals surface area contributed by atoms with E-state index in [0.717, 1.165) is 26.2 Å². The quantitative estimate of drug-likeness (QED) is 0.747. The number of hydrogen-bond donors (Lipinski definition) is 1. The normalized spacial score (nSPS) is 11.2. The zero-order valence-corrected chi connectivity index (χ0v) is 12.4. The second-order valence-electron chi connectivity index (χ2n) is 5.26. The van der Waals surface area contributed by atoms with E-state index in [1.807, 2.05) is 16.9 Å². The summed E-state index contributed by atoms with van der Waals surface area (Å²) in [4.78, 5) is 2.21. The van der Waals surface area contributed by atoms with Gasteiger partial charge in [0.25, 0.3) is 0 Å². The van der Waals surface area contributed by atoms with Gasteiger partial charge in [0.1, 0.15) is 0 Å². The van der Waals surface area contributed by atoms with Crippen molar-refractivity contribution in [2.45, 2.75) is 13.0 Å². The molecule has 0 aliphatic carbocycles. The van der Waals surface area contributed by atoms with E-state index < -0.39 is 0 Å². The molecule has 4 nitrogen and oxygen atoms in total. The molecule has 1 aromatic heterocycles. The maximum Gasteiger partial charge on any atom is 0.0568 e. The van der Waals surface area contributed by atoms with Gasteiger partial charge in [-0.15, -0.1) is 0 Å². The molecular weight excluding hydrogens is 248 g/mol. The van der Waals surface area contributed by atoms with Crippen molar-refractivity contribution in [1.82, 2.24) is 20.0 Å². The van der Waals surface area contributed by atoms with Crippen LogP contribution in [-0.4, -0.2) is 48.4 Å². The number of nitrogens with one attached hydrogen (secondary N) is 1. The smallest absolute Gasteiger partial charge is 0.0568 e. The van der Waals surface area contributed by atoms with Gasteiger partial charge in [-0.3, -0.25) is 4.68 Å². The van der Waals surface area contributed by atoms with Gasteiger partial charge in [-0.2, -0.15) is 5.10 Å². The third-order valence-electron chi connectivity index (χ3n) is 3.22. The van der Waals surface area contributed by atoms with Crippen LogP contribution in [0.1, 0.15) is 6.42 Å². The molecule has 0 amide bonds. The lowest BCUT2D eigenvalue weighted by molar-refractivity contribution is 0.392. The minimum Gasteiger partial charge on any atom is -0.315 e. The molecule has 0 aliphatic heterocycles. The highest BCUT2D eigenvalue weighted by molar-refractivity contribution is 5.61. The lowest BCUT2D eigenvalue weighted by Gasteiger charge is -2.09. The number of hydrogen-bond acceptors (Lipinski definition) is 3. The molecule has 4 heteroatoms. The van der Waals surface area contributed by atoms with Crippen LogP contribution in [0, 0.1) is 0 Å². The van der Waals surface area contributed by atoms with Crippen LogP contribution in [0.15, 0.2) is 42.7 Å². The maximum absolute atomic E-state index is 4.41. The molecular formula is C16H24N4. The van der Waals surface area contributed by atoms with E-state index in [1.165, 1.54) is 17.5 Å². The first-order valence-corrected chi connectivity index (χ1v) is 7.19. The van der Waals surface area contributed by atoms with Gasteiger partial charge < -0.3 is 10.2 Å². The molecule has 0 saturated heterocycles. The van der Waals surface area contributed by atoms with E-state index in [-0.39, 0.29) is 0 Å². The van der Waals surface area contributed by atoms with E-state index in [2.05, 4.69) is 59.9 Å². The second-order valence-corrected chi connectivity index (χ2v) is 5.26. The van der Waals surface area contributed by atoms with Crippen LogP contribution in [0.4, 0.5) is 0 Å². The minimum absolute atomic E-state index is 0.912. The summed E-state index contributed by atoms with van der Waals surface area (Å²) in [5.74, 6) is 0. The molecule has 0 fully saturated rings. The summed E-state index contributed by atoms with van der Waals surface area (Å²) in [6, 6.07) is 10.4. The number of rotatable bonds is 8. The SMILES string of the molecule is CN(C)CCCNCCn1cc(-c2ccccc2)cn1. The van der Waals surface area contributed by atoms with Crippen molar-refractivity contribution in [3.05, 3.63) is 42.7 Å². The second kappa shape index (κ2) is 7.82. The molecule has 0 aliphatic rings. The Morgan fingerprint density at radius 3 is 2.65 bits per heavy atom. The lowest BCUT2D eigenvalue weighted by atomic mass is 10.1. The third kappa shape index (κ3) is 4.79. The summed E-state index contributed by atoms with van der Waals surface area (Å²) in [6.07, 6.45) is 5.22. The highest BCUT2D eigenvalue weighted by Crippen LogP contribution is 2.17. The number of benzene rings is 1. The highest BCUT2D eigenvalue weighted by atomic mass is 15.3. The predicted molar refractivity (Wildman–Crippen MR) is 83.7 cm³/mol. The third-order valence-corrected chi connectivity index (χ3v) is 3.22. The summed E-state index contributed by atoms with van der Waals surface area (Å²) in [5, 5.41) is 7.86. The van der Waals surface area contributed by atoms with E-state index in [4.69, 9.17) is 0 Å². The van der Waals surface area contributed by atoms with E-state index in [9.17, 15) is 0 Å². The first kappa shape index (κ1) is 14.8. The molecule has 0 saturated carbocycles. The van der Waals surface area contributed by atoms with Crippen molar-refractivity contribution < 1.29 is 0 Å². The lowest BCUT2D eigenvalue weighted by Crippen LogP contribution is -2.24. The molecule has 2 rings (SSSR count). The Morgan fingerprint density at radius 2 is 1.90 bits per heavy atom. The summed E-state index contributed by atoms with van der Waals surface area (Å²) in [7, 11) is 4.21. The van der Waals surface area contributed by atoms with Crippen LogP contribution >= 0.6 is 0 Å². The fraction of sp³-hybridized carbons (Fsp3) is 0.438. The van der Waals surface area contributed by atoms with Gasteiger partial charge in [-0.05, 0) is 39.2 Å². The van der Waals surface area contributed by atoms with Crippen LogP contribution in [0.2, 0.25) is 0 Å². The summed E-state index contributed by atoms with van der Waals surface area (Å²) >= 11 is 0. The molecule has 20 heavy (non-hydrogen) atoms. The van der Waals surface area contributed by atoms with Crippen LogP contribution in [-0.2, 0) is 6.54 Å². The molecule has 1 aromatic carbocycles. The number of nitrogens with zero attached hydrogens (tertiary/aromatic N) is 3. The summed E-state index contributed by atoms with van der Waals surface area (Å²) in [6.45, 7) is 4.07. The molecule has 2 aromatic rings. The Balaban J connectivity index is 1.71. The molecule has 0 unspecified atom stereocenters. The van der Waals surface area contributed by atoms with Gasteiger partial charge >= 0.3 is 0 Å². The molecule has 108 valence electrons. The summed E-state index contributed by atoms with van der Waals surface area (Å²) in [5.41, 5.74) is 2.40. The van der Waals surface area contributed by atoms with Gasteiger partial charge in [-0.1, -0.05) is 30.3 Å². The van der Waals surface area contributed by atoms with Crippen molar-refractivity contribution >= 4 is 0 Å². The van der Waals surface area contributed by atoms with Gasteiger partial charge in [0, 0.05) is 18.3 Å². The average Bonchev–Trinajstić information content (AvgIpc) is 2.92. The fourth-order valence-electron chi connectivity index (χ4n) is 2.10. The molecule has 1 N–H and O–H groups in total. The summed E-state index contributed by atoms with van der Waals surface area (Å²) < 4.78 is 2.00. The number of aromatic nitrogens is 2. The van der Waals surface area contributed by atoms with Crippen molar-refractivity contribution in [2.75, 3.05) is 33.7 Å². The largest absolute Gasteiger partial charge is 0.315 e. The Kier molecular flexibility index (Phi) is 5.77. The van der Waals surface area contributed by atoms with Crippen molar-refractivity contribution in [3.63, 3.8) is 0 Å². The van der Waals surface area contributed by atoms with Crippen LogP contribution in [0.25, 0.3) is 11.1 Å². The van der Waals surface area contributed by atoms with Gasteiger partial charge in [-0.25, -0.2) is 0 Å². The highest BCUT2D eigenvalue weighted by Gasteiger charge is 2.00. The van der Waals surface area contributed by atoms with Crippen molar-refractivity contribution in [1.29, 1.82) is 0 Å². The Hall–Kier alpha value is -1.65. The van der Waals surface area contributed by atoms with Gasteiger partial charge in [0.05, 0.1) is 12.7 Å². The predicted octanol–water partition coefficient (Wildman–Crippen LogP) is 2.09. The first-order valence-electron chi connectivity index (χ1n) is 7.19. The zero-order valence-electron chi connectivity index (χ0n) is 12.4. The van der Waals surface area contributed by atoms with Crippen LogP contribution < -0.4 is 5.32 Å². The molecule has 0 radical (unpaired) electrons. The molecule has 0 bridgehead atoms. The fourth-order valence-corrected chi connectivity index (χ4v) is 2.10. The average molecular weight is 272 g/mol. The Morgan fingerprint density at radius 1 is 1.10 bits per heavy atom. The van der Waals surface area contributed by atoms with Gasteiger partial charge in [0.2, 0.25) is 0 Å². The molecule has 0 spiro atoms. The van der Waals surface area contributed by atoms with Crippen LogP contribution in [0.3, 0.4) is 0 Å². The zero-order chi connectivity index (χ0) is 14.2. The van der Waals surface area contributed by atoms with Gasteiger partial charge in [0.15, 0.2) is 0 Å². The Labute approximate surface area is 121 Å². The van der Waals surface area contributed by atoms with Crippen molar-refractivity contribution in [2.24, 2.45) is 0 Å². The van der Waals surface area contributed by atoms with E-state index in [0.29, 0.717) is 0 Å². The molecule has 1 heterocycles. The van der Waals surface area contributed by atoms with Crippen molar-refractivity contribution in [3.8, 4) is 11.1 Å². The van der Waals surface area contributed by atoms with E-state index >= 15 is 0 Å². The van der Waals surface area contributed by atoms with E-state index in [1.54, 1.807) is 0 Å². The minimum atomic E-state index is 0.912. The monoisotopic (exact) mass is 272 g/mol. The maximum atomic E-state index is 4.41. The standard InChI is InChI=1S/C16H24N4/c1-19(2)11-6-9-17-10-12-20-14-16(13-18-20)15-7-4-3-5-8-15/h3-5,7-8,13-14,17H,6,9-12H2,1-2H3. The molecule has 0 atom stereocenters. The first-order chi connectivity index (χ1) is 9.75. The Bertz CT molecular complexity index is 490. The van der Waals surface area contributed by atoms with Crippen LogP contribution in [0.5, 0.6) is 0 Å². The topological polar surface area (TPSA) is 33.1 Å².